The number of rotatable bonds is 2. The van der Waals surface area contributed by atoms with E-state index in [1.165, 1.54) is 0 Å². The highest BCUT2D eigenvalue weighted by Crippen LogP contribution is 2.09. The molecule has 0 N–H and O–H groups in total. The monoisotopic (exact) mass is 219 g/mol. The van der Waals surface area contributed by atoms with Crippen molar-refractivity contribution in [2.75, 3.05) is 0 Å². The van der Waals surface area contributed by atoms with Crippen LogP contribution in [0, 0.1) is 5.92 Å². The van der Waals surface area contributed by atoms with Crippen LogP contribution in [0.15, 0.2) is 17.2 Å². The van der Waals surface area contributed by atoms with Crippen LogP contribution in [0.5, 0.6) is 0 Å². The fraction of sp³-hybridized carbons (Fsp3) is 0.444. The molecule has 0 saturated carbocycles. The second-order valence-electron chi connectivity index (χ2n) is 3.37. The van der Waals surface area contributed by atoms with Gasteiger partial charge < -0.3 is 4.57 Å². The molecule has 0 saturated heterocycles. The molecule has 0 unspecified atom stereocenters. The largest absolute Gasteiger partial charge is 0.351 e. The first-order valence-electron chi connectivity index (χ1n) is 4.06. The highest BCUT2D eigenvalue weighted by atomic mass is 35.5. The van der Waals surface area contributed by atoms with Gasteiger partial charge in [-0.25, -0.2) is 0 Å². The zero-order valence-corrected chi connectivity index (χ0v) is 9.06. The van der Waals surface area contributed by atoms with Crippen molar-refractivity contribution in [3.63, 3.8) is 0 Å². The minimum absolute atomic E-state index is 0.174. The maximum atomic E-state index is 11.1. The highest BCUT2D eigenvalue weighted by molar-refractivity contribution is 6.34. The topological polar surface area (TPSA) is 22.0 Å². The van der Waals surface area contributed by atoms with E-state index in [1.807, 2.05) is 4.57 Å². The van der Waals surface area contributed by atoms with Crippen LogP contribution in [0.1, 0.15) is 13.8 Å². The summed E-state index contributed by atoms with van der Waals surface area (Å²) in [6, 6.07) is 0. The van der Waals surface area contributed by atoms with Crippen LogP contribution in [0.25, 0.3) is 0 Å². The van der Waals surface area contributed by atoms with E-state index < -0.39 is 0 Å². The highest BCUT2D eigenvalue weighted by Gasteiger charge is 2.04. The van der Waals surface area contributed by atoms with Gasteiger partial charge in [0.2, 0.25) is 5.43 Å². The Morgan fingerprint density at radius 2 is 1.77 bits per heavy atom. The van der Waals surface area contributed by atoms with Crippen LogP contribution >= 0.6 is 23.2 Å². The lowest BCUT2D eigenvalue weighted by atomic mass is 10.2. The zero-order chi connectivity index (χ0) is 10.0. The summed E-state index contributed by atoms with van der Waals surface area (Å²) >= 11 is 11.4. The number of aromatic nitrogens is 1. The predicted molar refractivity (Wildman–Crippen MR) is 55.6 cm³/mol. The maximum Gasteiger partial charge on any atom is 0.218 e. The molecule has 0 aliphatic heterocycles. The number of nitrogens with zero attached hydrogens (tertiary/aromatic N) is 1. The van der Waals surface area contributed by atoms with Gasteiger partial charge in [0.15, 0.2) is 0 Å². The summed E-state index contributed by atoms with van der Waals surface area (Å²) in [6.45, 7) is 4.97. The van der Waals surface area contributed by atoms with Gasteiger partial charge in [-0.2, -0.15) is 0 Å². The first-order valence-corrected chi connectivity index (χ1v) is 4.81. The molecule has 0 spiro atoms. The number of pyridine rings is 1. The molecule has 0 amide bonds. The number of hydrogen-bond acceptors (Lipinski definition) is 1. The lowest BCUT2D eigenvalue weighted by Crippen LogP contribution is -2.11. The lowest BCUT2D eigenvalue weighted by Gasteiger charge is -2.09. The van der Waals surface area contributed by atoms with Gasteiger partial charge in [-0.3, -0.25) is 4.79 Å². The molecule has 1 heterocycles. The molecule has 1 aromatic heterocycles. The average Bonchev–Trinajstić information content (AvgIpc) is 1.98. The molecule has 13 heavy (non-hydrogen) atoms. The summed E-state index contributed by atoms with van der Waals surface area (Å²) in [4.78, 5) is 11.1. The third kappa shape index (κ3) is 2.75. The van der Waals surface area contributed by atoms with E-state index in [4.69, 9.17) is 23.2 Å². The average molecular weight is 220 g/mol. The molecule has 72 valence electrons. The van der Waals surface area contributed by atoms with Crippen LogP contribution in [-0.2, 0) is 6.54 Å². The minimum Gasteiger partial charge on any atom is -0.351 e. The Hall–Kier alpha value is -0.470. The van der Waals surface area contributed by atoms with Gasteiger partial charge in [-0.15, -0.1) is 0 Å². The van der Waals surface area contributed by atoms with E-state index in [0.717, 1.165) is 6.54 Å². The Morgan fingerprint density at radius 1 is 1.31 bits per heavy atom. The summed E-state index contributed by atoms with van der Waals surface area (Å²) in [5, 5.41) is 0.348. The molecule has 0 bridgehead atoms. The van der Waals surface area contributed by atoms with Crippen molar-refractivity contribution in [1.82, 2.24) is 4.57 Å². The Kier molecular flexibility index (Phi) is 3.40. The Bertz CT molecular complexity index is 331. The molecule has 4 heteroatoms. The van der Waals surface area contributed by atoms with E-state index in [9.17, 15) is 4.79 Å². The number of hydrogen-bond donors (Lipinski definition) is 0. The molecular formula is C9H11Cl2NO. The molecule has 0 aromatic carbocycles. The van der Waals surface area contributed by atoms with Gasteiger partial charge >= 0.3 is 0 Å². The van der Waals surface area contributed by atoms with E-state index >= 15 is 0 Å². The summed E-state index contributed by atoms with van der Waals surface area (Å²) in [5.41, 5.74) is -0.302. The second kappa shape index (κ2) is 4.16. The van der Waals surface area contributed by atoms with Crippen LogP contribution in [0.4, 0.5) is 0 Å². The molecule has 0 fully saturated rings. The molecule has 1 aromatic rings. The van der Waals surface area contributed by atoms with E-state index in [0.29, 0.717) is 5.92 Å². The van der Waals surface area contributed by atoms with Crippen molar-refractivity contribution in [3.05, 3.63) is 32.7 Å². The first kappa shape index (κ1) is 10.6. The van der Waals surface area contributed by atoms with E-state index in [-0.39, 0.29) is 15.5 Å². The molecule has 0 radical (unpaired) electrons. The lowest BCUT2D eigenvalue weighted by molar-refractivity contribution is 0.521. The third-order valence-corrected chi connectivity index (χ3v) is 2.11. The van der Waals surface area contributed by atoms with Crippen LogP contribution in [-0.4, -0.2) is 4.57 Å². The summed E-state index contributed by atoms with van der Waals surface area (Å²) in [6.07, 6.45) is 3.21. The standard InChI is InChI=1S/C9H11Cl2NO/c1-6(2)3-12-4-7(10)9(13)8(11)5-12/h4-6H,3H2,1-2H3. The van der Waals surface area contributed by atoms with Crippen LogP contribution in [0.3, 0.4) is 0 Å². The van der Waals surface area contributed by atoms with Gasteiger partial charge in [0.25, 0.3) is 0 Å². The Morgan fingerprint density at radius 3 is 2.15 bits per heavy atom. The van der Waals surface area contributed by atoms with Crippen molar-refractivity contribution >= 4 is 23.2 Å². The van der Waals surface area contributed by atoms with Crippen molar-refractivity contribution in [2.45, 2.75) is 20.4 Å². The Labute approximate surface area is 87.1 Å². The molecule has 0 aliphatic rings. The normalized spacial score (nSPS) is 10.8. The fourth-order valence-corrected chi connectivity index (χ4v) is 1.59. The summed E-state index contributed by atoms with van der Waals surface area (Å²) in [5.74, 6) is 0.495. The summed E-state index contributed by atoms with van der Waals surface area (Å²) in [7, 11) is 0. The van der Waals surface area contributed by atoms with Crippen molar-refractivity contribution in [3.8, 4) is 0 Å². The van der Waals surface area contributed by atoms with Crippen LogP contribution in [0.2, 0.25) is 10.0 Å². The summed E-state index contributed by atoms with van der Waals surface area (Å²) < 4.78 is 1.83. The predicted octanol–water partition coefficient (Wildman–Crippen LogP) is 2.81. The van der Waals surface area contributed by atoms with Gasteiger partial charge in [0, 0.05) is 18.9 Å². The third-order valence-electron chi connectivity index (χ3n) is 1.57. The van der Waals surface area contributed by atoms with Gasteiger partial charge in [-0.1, -0.05) is 37.0 Å². The second-order valence-corrected chi connectivity index (χ2v) is 4.19. The fourth-order valence-electron chi connectivity index (χ4n) is 1.09. The molecule has 1 rings (SSSR count). The maximum absolute atomic E-state index is 11.1. The quantitative estimate of drug-likeness (QED) is 0.751. The van der Waals surface area contributed by atoms with Gasteiger partial charge in [0.05, 0.1) is 0 Å². The van der Waals surface area contributed by atoms with Crippen LogP contribution < -0.4 is 5.43 Å². The van der Waals surface area contributed by atoms with E-state index in [1.54, 1.807) is 12.4 Å². The molecule has 0 aliphatic carbocycles. The smallest absolute Gasteiger partial charge is 0.218 e. The molecule has 0 atom stereocenters. The van der Waals surface area contributed by atoms with Crippen molar-refractivity contribution < 1.29 is 0 Å². The first-order chi connectivity index (χ1) is 6.00. The Balaban J connectivity index is 3.06. The van der Waals surface area contributed by atoms with Crippen molar-refractivity contribution in [1.29, 1.82) is 0 Å². The number of halogens is 2. The van der Waals surface area contributed by atoms with Gasteiger partial charge in [-0.05, 0) is 5.92 Å². The SMILES string of the molecule is CC(C)Cn1cc(Cl)c(=O)c(Cl)c1. The minimum atomic E-state index is -0.302. The van der Waals surface area contributed by atoms with Crippen molar-refractivity contribution in [2.24, 2.45) is 5.92 Å². The molecular weight excluding hydrogens is 209 g/mol. The van der Waals surface area contributed by atoms with E-state index in [2.05, 4.69) is 13.8 Å². The molecule has 2 nitrogen and oxygen atoms in total. The zero-order valence-electron chi connectivity index (χ0n) is 7.55. The van der Waals surface area contributed by atoms with Gasteiger partial charge in [0.1, 0.15) is 10.0 Å².